The molecule has 2 aromatic rings. The average molecular weight is 339 g/mol. The van der Waals surface area contributed by atoms with Gasteiger partial charge in [0.05, 0.1) is 24.3 Å². The summed E-state index contributed by atoms with van der Waals surface area (Å²) in [7, 11) is 1.42. The highest BCUT2D eigenvalue weighted by atomic mass is 19.4. The monoisotopic (exact) mass is 339 g/mol. The van der Waals surface area contributed by atoms with Crippen LogP contribution in [0.3, 0.4) is 0 Å². The third-order valence-electron chi connectivity index (χ3n) is 3.41. The summed E-state index contributed by atoms with van der Waals surface area (Å²) in [6, 6.07) is 10.9. The zero-order valence-electron chi connectivity index (χ0n) is 12.8. The number of nitrogens with one attached hydrogen (secondary N) is 1. The van der Waals surface area contributed by atoms with Gasteiger partial charge in [-0.05, 0) is 29.8 Å². The molecule has 1 amide bonds. The molecule has 2 rings (SSSR count). The minimum absolute atomic E-state index is 0.0742. The Kier molecular flexibility index (Phi) is 5.46. The SMILES string of the molecule is COc1ccccc1C(=O)NC[C@@H](O)c1cccc(C(F)(F)F)c1. The van der Waals surface area contributed by atoms with Crippen LogP contribution in [0.1, 0.15) is 27.6 Å². The van der Waals surface area contributed by atoms with Gasteiger partial charge in [-0.1, -0.05) is 24.3 Å². The number of amides is 1. The van der Waals surface area contributed by atoms with Crippen molar-refractivity contribution in [2.24, 2.45) is 0 Å². The summed E-state index contributed by atoms with van der Waals surface area (Å²) in [6.07, 6.45) is -5.75. The van der Waals surface area contributed by atoms with Gasteiger partial charge in [-0.25, -0.2) is 0 Å². The molecule has 2 aromatic carbocycles. The smallest absolute Gasteiger partial charge is 0.416 e. The van der Waals surface area contributed by atoms with Crippen LogP contribution in [0.2, 0.25) is 0 Å². The fraction of sp³-hybridized carbons (Fsp3) is 0.235. The van der Waals surface area contributed by atoms with Crippen LogP contribution < -0.4 is 10.1 Å². The molecular weight excluding hydrogens is 323 g/mol. The first-order valence-electron chi connectivity index (χ1n) is 7.09. The number of carbonyl (C=O) groups is 1. The number of ether oxygens (including phenoxy) is 1. The molecule has 0 unspecified atom stereocenters. The second-order valence-electron chi connectivity index (χ2n) is 5.05. The Bertz CT molecular complexity index is 716. The van der Waals surface area contributed by atoms with Crippen LogP contribution in [0, 0.1) is 0 Å². The van der Waals surface area contributed by atoms with E-state index in [0.29, 0.717) is 5.75 Å². The Morgan fingerprint density at radius 3 is 2.58 bits per heavy atom. The topological polar surface area (TPSA) is 58.6 Å². The number of aliphatic hydroxyl groups excluding tert-OH is 1. The minimum Gasteiger partial charge on any atom is -0.496 e. The highest BCUT2D eigenvalue weighted by Crippen LogP contribution is 2.30. The minimum atomic E-state index is -4.49. The van der Waals surface area contributed by atoms with Gasteiger partial charge in [-0.15, -0.1) is 0 Å². The lowest BCUT2D eigenvalue weighted by Crippen LogP contribution is -2.28. The average Bonchev–Trinajstić information content (AvgIpc) is 2.58. The van der Waals surface area contributed by atoms with Crippen molar-refractivity contribution in [1.82, 2.24) is 5.32 Å². The molecule has 4 nitrogen and oxygen atoms in total. The zero-order chi connectivity index (χ0) is 17.7. The van der Waals surface area contributed by atoms with E-state index in [0.717, 1.165) is 12.1 Å². The molecule has 0 aliphatic heterocycles. The van der Waals surface area contributed by atoms with E-state index in [4.69, 9.17) is 4.74 Å². The second-order valence-corrected chi connectivity index (χ2v) is 5.05. The van der Waals surface area contributed by atoms with Crippen molar-refractivity contribution < 1.29 is 27.8 Å². The second kappa shape index (κ2) is 7.35. The predicted octanol–water partition coefficient (Wildman–Crippen LogP) is 3.18. The summed E-state index contributed by atoms with van der Waals surface area (Å²) in [6.45, 7) is -0.224. The van der Waals surface area contributed by atoms with E-state index in [1.807, 2.05) is 0 Å². The lowest BCUT2D eigenvalue weighted by atomic mass is 10.1. The van der Waals surface area contributed by atoms with Crippen LogP contribution in [0.5, 0.6) is 5.75 Å². The lowest BCUT2D eigenvalue weighted by molar-refractivity contribution is -0.137. The van der Waals surface area contributed by atoms with E-state index in [1.54, 1.807) is 24.3 Å². The van der Waals surface area contributed by atoms with Crippen LogP contribution >= 0.6 is 0 Å². The number of para-hydroxylation sites is 1. The molecule has 0 radical (unpaired) electrons. The third kappa shape index (κ3) is 4.26. The first-order chi connectivity index (χ1) is 11.3. The van der Waals surface area contributed by atoms with Crippen LogP contribution in [0.15, 0.2) is 48.5 Å². The molecule has 0 aliphatic carbocycles. The van der Waals surface area contributed by atoms with Gasteiger partial charge in [0, 0.05) is 6.54 Å². The molecule has 24 heavy (non-hydrogen) atoms. The van der Waals surface area contributed by atoms with Crippen LogP contribution in [-0.2, 0) is 6.18 Å². The predicted molar refractivity (Wildman–Crippen MR) is 81.7 cm³/mol. The zero-order valence-corrected chi connectivity index (χ0v) is 12.8. The van der Waals surface area contributed by atoms with Crippen molar-refractivity contribution in [2.75, 3.05) is 13.7 Å². The molecule has 0 heterocycles. The first-order valence-corrected chi connectivity index (χ1v) is 7.09. The van der Waals surface area contributed by atoms with Crippen molar-refractivity contribution in [3.63, 3.8) is 0 Å². The summed E-state index contributed by atoms with van der Waals surface area (Å²) in [4.78, 5) is 12.1. The third-order valence-corrected chi connectivity index (χ3v) is 3.41. The molecule has 0 spiro atoms. The molecule has 7 heteroatoms. The number of halogens is 3. The van der Waals surface area contributed by atoms with Crippen molar-refractivity contribution in [3.8, 4) is 5.75 Å². The van der Waals surface area contributed by atoms with Crippen molar-refractivity contribution in [1.29, 1.82) is 0 Å². The number of hydrogen-bond donors (Lipinski definition) is 2. The molecule has 1 atom stereocenters. The van der Waals surface area contributed by atoms with Gasteiger partial charge in [0.25, 0.3) is 5.91 Å². The first kappa shape index (κ1) is 17.8. The number of alkyl halides is 3. The summed E-state index contributed by atoms with van der Waals surface area (Å²) in [5, 5.41) is 12.5. The van der Waals surface area contributed by atoms with Crippen LogP contribution in [0.25, 0.3) is 0 Å². The number of aliphatic hydroxyl groups is 1. The Hall–Kier alpha value is -2.54. The number of hydrogen-bond acceptors (Lipinski definition) is 3. The number of carbonyl (C=O) groups excluding carboxylic acids is 1. The molecule has 0 fully saturated rings. The summed E-state index contributed by atoms with van der Waals surface area (Å²) in [5.41, 5.74) is -0.503. The highest BCUT2D eigenvalue weighted by Gasteiger charge is 2.30. The normalized spacial score (nSPS) is 12.5. The molecule has 0 saturated carbocycles. The van der Waals surface area contributed by atoms with E-state index < -0.39 is 23.8 Å². The quantitative estimate of drug-likeness (QED) is 0.880. The number of methoxy groups -OCH3 is 1. The van der Waals surface area contributed by atoms with Gasteiger partial charge in [-0.3, -0.25) is 4.79 Å². The summed E-state index contributed by atoms with van der Waals surface area (Å²) in [5.74, 6) is -0.123. The Morgan fingerprint density at radius 2 is 1.92 bits per heavy atom. The van der Waals surface area contributed by atoms with Crippen molar-refractivity contribution in [2.45, 2.75) is 12.3 Å². The maximum atomic E-state index is 12.7. The molecule has 0 bridgehead atoms. The van der Waals surface area contributed by atoms with Crippen LogP contribution in [-0.4, -0.2) is 24.7 Å². The lowest BCUT2D eigenvalue weighted by Gasteiger charge is -2.15. The Morgan fingerprint density at radius 1 is 1.21 bits per heavy atom. The van der Waals surface area contributed by atoms with E-state index in [1.165, 1.54) is 19.2 Å². The van der Waals surface area contributed by atoms with E-state index in [-0.39, 0.29) is 17.7 Å². The van der Waals surface area contributed by atoms with Gasteiger partial charge in [0.2, 0.25) is 0 Å². The van der Waals surface area contributed by atoms with Crippen LogP contribution in [0.4, 0.5) is 13.2 Å². The van der Waals surface area contributed by atoms with Gasteiger partial charge in [0.15, 0.2) is 0 Å². The van der Waals surface area contributed by atoms with Crippen molar-refractivity contribution >= 4 is 5.91 Å². The Labute approximate surface area is 136 Å². The number of rotatable bonds is 5. The molecule has 0 aromatic heterocycles. The number of benzene rings is 2. The Balaban J connectivity index is 2.05. The van der Waals surface area contributed by atoms with Crippen molar-refractivity contribution in [3.05, 3.63) is 65.2 Å². The molecular formula is C17H16F3NO3. The molecule has 0 aliphatic rings. The van der Waals surface area contributed by atoms with E-state index in [2.05, 4.69) is 5.32 Å². The van der Waals surface area contributed by atoms with Gasteiger partial charge < -0.3 is 15.2 Å². The fourth-order valence-electron chi connectivity index (χ4n) is 2.16. The summed E-state index contributed by atoms with van der Waals surface area (Å²) >= 11 is 0. The summed E-state index contributed by atoms with van der Waals surface area (Å²) < 4.78 is 43.1. The fourth-order valence-corrected chi connectivity index (χ4v) is 2.16. The largest absolute Gasteiger partial charge is 0.496 e. The maximum Gasteiger partial charge on any atom is 0.416 e. The van der Waals surface area contributed by atoms with E-state index in [9.17, 15) is 23.1 Å². The molecule has 0 saturated heterocycles. The standard InChI is InChI=1S/C17H16F3NO3/c1-24-15-8-3-2-7-13(15)16(23)21-10-14(22)11-5-4-6-12(9-11)17(18,19)20/h2-9,14,22H,10H2,1H3,(H,21,23)/t14-/m1/s1. The van der Waals surface area contributed by atoms with Gasteiger partial charge in [0.1, 0.15) is 5.75 Å². The molecule has 2 N–H and O–H groups in total. The molecule has 128 valence electrons. The van der Waals surface area contributed by atoms with E-state index >= 15 is 0 Å². The highest BCUT2D eigenvalue weighted by molar-refractivity contribution is 5.96. The van der Waals surface area contributed by atoms with Gasteiger partial charge >= 0.3 is 6.18 Å². The maximum absolute atomic E-state index is 12.7. The van der Waals surface area contributed by atoms with Gasteiger partial charge in [-0.2, -0.15) is 13.2 Å².